The molecule has 0 amide bonds. The monoisotopic (exact) mass is 262 g/mol. The van der Waals surface area contributed by atoms with Crippen molar-refractivity contribution in [2.24, 2.45) is 0 Å². The van der Waals surface area contributed by atoms with Gasteiger partial charge < -0.3 is 15.0 Å². The van der Waals surface area contributed by atoms with E-state index in [2.05, 4.69) is 17.3 Å². The third-order valence-electron chi connectivity index (χ3n) is 3.60. The second kappa shape index (κ2) is 4.84. The van der Waals surface area contributed by atoms with Crippen molar-refractivity contribution in [2.45, 2.75) is 25.0 Å². The molecule has 2 heterocycles. The average molecular weight is 262 g/mol. The Hall–Kier alpha value is -0.170. The standard InChI is InChI=1S/C11H22N2O3S/c1-11(3-6-17(14,15)9-11)12-7-10-8-13(2)4-5-16-10/h10,12H,3-9H2,1-2H3. The Kier molecular flexibility index (Phi) is 3.77. The minimum absolute atomic E-state index is 0.175. The third kappa shape index (κ3) is 3.64. The quantitative estimate of drug-likeness (QED) is 0.742. The van der Waals surface area contributed by atoms with Crippen LogP contribution in [0.15, 0.2) is 0 Å². The first-order valence-electron chi connectivity index (χ1n) is 6.14. The van der Waals surface area contributed by atoms with E-state index in [0.717, 1.165) is 26.2 Å². The lowest BCUT2D eigenvalue weighted by atomic mass is 10.0. The molecule has 2 saturated heterocycles. The van der Waals surface area contributed by atoms with E-state index in [1.165, 1.54) is 0 Å². The van der Waals surface area contributed by atoms with Gasteiger partial charge in [0.2, 0.25) is 0 Å². The molecule has 5 nitrogen and oxygen atoms in total. The summed E-state index contributed by atoms with van der Waals surface area (Å²) in [5.74, 6) is 0.560. The first-order valence-corrected chi connectivity index (χ1v) is 7.96. The molecule has 0 aromatic carbocycles. The fourth-order valence-corrected chi connectivity index (χ4v) is 4.62. The van der Waals surface area contributed by atoms with Crippen LogP contribution in [0.2, 0.25) is 0 Å². The van der Waals surface area contributed by atoms with E-state index in [-0.39, 0.29) is 17.4 Å². The highest BCUT2D eigenvalue weighted by molar-refractivity contribution is 7.91. The number of nitrogens with zero attached hydrogens (tertiary/aromatic N) is 1. The fourth-order valence-electron chi connectivity index (χ4n) is 2.50. The van der Waals surface area contributed by atoms with Crippen LogP contribution >= 0.6 is 0 Å². The minimum atomic E-state index is -2.83. The summed E-state index contributed by atoms with van der Waals surface area (Å²) in [6.45, 7) is 5.37. The van der Waals surface area contributed by atoms with E-state index in [4.69, 9.17) is 4.74 Å². The average Bonchev–Trinajstić information content (AvgIpc) is 2.51. The van der Waals surface area contributed by atoms with Crippen molar-refractivity contribution >= 4 is 9.84 Å². The van der Waals surface area contributed by atoms with Crippen molar-refractivity contribution in [1.82, 2.24) is 10.2 Å². The summed E-state index contributed by atoms with van der Waals surface area (Å²) < 4.78 is 28.6. The Morgan fingerprint density at radius 3 is 2.88 bits per heavy atom. The van der Waals surface area contributed by atoms with E-state index in [0.29, 0.717) is 12.2 Å². The van der Waals surface area contributed by atoms with Crippen LogP contribution in [0.5, 0.6) is 0 Å². The van der Waals surface area contributed by atoms with E-state index in [9.17, 15) is 8.42 Å². The van der Waals surface area contributed by atoms with Crippen LogP contribution in [0.1, 0.15) is 13.3 Å². The highest BCUT2D eigenvalue weighted by Gasteiger charge is 2.38. The number of ether oxygens (including phenoxy) is 1. The second-order valence-corrected chi connectivity index (χ2v) is 7.72. The van der Waals surface area contributed by atoms with Gasteiger partial charge in [-0.3, -0.25) is 0 Å². The number of sulfone groups is 1. The fraction of sp³-hybridized carbons (Fsp3) is 1.00. The van der Waals surface area contributed by atoms with Gasteiger partial charge in [0, 0.05) is 25.2 Å². The highest BCUT2D eigenvalue weighted by Crippen LogP contribution is 2.22. The molecule has 0 saturated carbocycles. The summed E-state index contributed by atoms with van der Waals surface area (Å²) in [5, 5.41) is 3.37. The van der Waals surface area contributed by atoms with Crippen molar-refractivity contribution < 1.29 is 13.2 Å². The maximum Gasteiger partial charge on any atom is 0.152 e. The zero-order valence-electron chi connectivity index (χ0n) is 10.6. The van der Waals surface area contributed by atoms with Crippen LogP contribution in [0.3, 0.4) is 0 Å². The lowest BCUT2D eigenvalue weighted by molar-refractivity contribution is -0.0208. The molecule has 2 rings (SSSR count). The first-order chi connectivity index (χ1) is 7.89. The topological polar surface area (TPSA) is 58.6 Å². The summed E-state index contributed by atoms with van der Waals surface area (Å²) in [5.41, 5.74) is -0.266. The van der Waals surface area contributed by atoms with Gasteiger partial charge in [0.1, 0.15) is 0 Å². The SMILES string of the molecule is CN1CCOC(CNC2(C)CCS(=O)(=O)C2)C1. The van der Waals surface area contributed by atoms with Crippen LogP contribution in [0.4, 0.5) is 0 Å². The molecule has 6 heteroatoms. The van der Waals surface area contributed by atoms with Crippen LogP contribution in [-0.4, -0.2) is 69.8 Å². The van der Waals surface area contributed by atoms with Crippen LogP contribution in [0.25, 0.3) is 0 Å². The normalized spacial score (nSPS) is 38.4. The van der Waals surface area contributed by atoms with Gasteiger partial charge in [0.25, 0.3) is 0 Å². The summed E-state index contributed by atoms with van der Waals surface area (Å²) in [6, 6.07) is 0. The molecule has 0 spiro atoms. The molecule has 100 valence electrons. The van der Waals surface area contributed by atoms with Crippen LogP contribution in [-0.2, 0) is 14.6 Å². The van der Waals surface area contributed by atoms with E-state index in [1.807, 2.05) is 6.92 Å². The molecule has 2 aliphatic heterocycles. The molecular formula is C11H22N2O3S. The molecule has 0 radical (unpaired) electrons. The van der Waals surface area contributed by atoms with Crippen molar-refractivity contribution in [1.29, 1.82) is 0 Å². The van der Waals surface area contributed by atoms with Crippen molar-refractivity contribution in [3.05, 3.63) is 0 Å². The van der Waals surface area contributed by atoms with Gasteiger partial charge in [0.15, 0.2) is 9.84 Å². The molecule has 0 aromatic rings. The molecule has 0 aliphatic carbocycles. The second-order valence-electron chi connectivity index (χ2n) is 5.54. The Balaban J connectivity index is 1.82. The maximum atomic E-state index is 11.5. The lowest BCUT2D eigenvalue weighted by Gasteiger charge is -2.33. The number of nitrogens with one attached hydrogen (secondary N) is 1. The first kappa shape index (κ1) is 13.3. The summed E-state index contributed by atoms with van der Waals surface area (Å²) in [4.78, 5) is 2.24. The van der Waals surface area contributed by atoms with Gasteiger partial charge in [-0.2, -0.15) is 0 Å². The van der Waals surface area contributed by atoms with Gasteiger partial charge in [-0.1, -0.05) is 0 Å². The van der Waals surface area contributed by atoms with Crippen LogP contribution in [0, 0.1) is 0 Å². The number of rotatable bonds is 3. The number of likely N-dealkylation sites (N-methyl/N-ethyl adjacent to an activating group) is 1. The Labute approximate surface area is 103 Å². The Morgan fingerprint density at radius 2 is 2.29 bits per heavy atom. The maximum absolute atomic E-state index is 11.5. The molecular weight excluding hydrogens is 240 g/mol. The third-order valence-corrected chi connectivity index (χ3v) is 5.50. The van der Waals surface area contributed by atoms with Gasteiger partial charge in [-0.05, 0) is 20.4 Å². The predicted molar refractivity (Wildman–Crippen MR) is 66.9 cm³/mol. The molecule has 0 bridgehead atoms. The van der Waals surface area contributed by atoms with E-state index >= 15 is 0 Å². The zero-order chi connectivity index (χ0) is 12.5. The van der Waals surface area contributed by atoms with Crippen molar-refractivity contribution in [3.63, 3.8) is 0 Å². The Bertz CT molecular complexity index is 371. The van der Waals surface area contributed by atoms with Gasteiger partial charge in [0.05, 0.1) is 24.2 Å². The number of hydrogen-bond acceptors (Lipinski definition) is 5. The molecule has 2 atom stereocenters. The molecule has 2 unspecified atom stereocenters. The Morgan fingerprint density at radius 1 is 1.53 bits per heavy atom. The molecule has 17 heavy (non-hydrogen) atoms. The number of hydrogen-bond donors (Lipinski definition) is 1. The summed E-state index contributed by atoms with van der Waals surface area (Å²) >= 11 is 0. The molecule has 0 aromatic heterocycles. The molecule has 2 aliphatic rings. The zero-order valence-corrected chi connectivity index (χ0v) is 11.4. The van der Waals surface area contributed by atoms with Crippen molar-refractivity contribution in [3.8, 4) is 0 Å². The van der Waals surface area contributed by atoms with Gasteiger partial charge in [-0.15, -0.1) is 0 Å². The molecule has 2 fully saturated rings. The summed E-state index contributed by atoms with van der Waals surface area (Å²) in [7, 11) is -0.751. The largest absolute Gasteiger partial charge is 0.374 e. The highest BCUT2D eigenvalue weighted by atomic mass is 32.2. The lowest BCUT2D eigenvalue weighted by Crippen LogP contribution is -2.51. The predicted octanol–water partition coefficient (Wildman–Crippen LogP) is -0.516. The molecule has 1 N–H and O–H groups in total. The number of morpholine rings is 1. The van der Waals surface area contributed by atoms with Crippen LogP contribution < -0.4 is 5.32 Å². The van der Waals surface area contributed by atoms with Gasteiger partial charge in [-0.25, -0.2) is 8.42 Å². The summed E-state index contributed by atoms with van der Waals surface area (Å²) in [6.07, 6.45) is 0.881. The van der Waals surface area contributed by atoms with E-state index < -0.39 is 9.84 Å². The van der Waals surface area contributed by atoms with Crippen molar-refractivity contribution in [2.75, 3.05) is 44.8 Å². The van der Waals surface area contributed by atoms with Gasteiger partial charge >= 0.3 is 0 Å². The minimum Gasteiger partial charge on any atom is -0.374 e. The van der Waals surface area contributed by atoms with E-state index in [1.54, 1.807) is 0 Å². The smallest absolute Gasteiger partial charge is 0.152 e.